The summed E-state index contributed by atoms with van der Waals surface area (Å²) in [7, 11) is 3.16. The van der Waals surface area contributed by atoms with Crippen LogP contribution < -0.4 is 19.9 Å². The van der Waals surface area contributed by atoms with E-state index in [-0.39, 0.29) is 0 Å². The van der Waals surface area contributed by atoms with E-state index in [1.54, 1.807) is 26.4 Å². The monoisotopic (exact) mass is 373 g/mol. The first-order valence-corrected chi connectivity index (χ1v) is 9.32. The van der Waals surface area contributed by atoms with Gasteiger partial charge in [-0.05, 0) is 30.4 Å². The zero-order valence-corrected chi connectivity index (χ0v) is 16.6. The van der Waals surface area contributed by atoms with Crippen molar-refractivity contribution < 1.29 is 19.3 Å². The molecule has 0 fully saturated rings. The van der Waals surface area contributed by atoms with Gasteiger partial charge < -0.3 is 25.1 Å². The third-order valence-corrected chi connectivity index (χ3v) is 4.57. The van der Waals surface area contributed by atoms with Crippen molar-refractivity contribution in [3.05, 3.63) is 53.6 Å². The Hall–Kier alpha value is -2.24. The van der Waals surface area contributed by atoms with Gasteiger partial charge >= 0.3 is 0 Å². The molecule has 0 saturated carbocycles. The number of nitrogens with two attached hydrogens (primary N) is 1. The molecule has 0 spiro atoms. The Kier molecular flexibility index (Phi) is 7.95. The van der Waals surface area contributed by atoms with Gasteiger partial charge in [0.2, 0.25) is 0 Å². The average Bonchev–Trinajstić information content (AvgIpc) is 2.69. The Morgan fingerprint density at radius 3 is 2.15 bits per heavy atom. The van der Waals surface area contributed by atoms with Crippen molar-refractivity contribution in [3.8, 4) is 17.2 Å². The Balaban J connectivity index is 2.28. The lowest BCUT2D eigenvalue weighted by atomic mass is 9.95. The molecule has 27 heavy (non-hydrogen) atoms. The fraction of sp³-hybridized carbons (Fsp3) is 0.455. The topological polar surface area (TPSA) is 73.9 Å². The van der Waals surface area contributed by atoms with Gasteiger partial charge in [-0.2, -0.15) is 0 Å². The second kappa shape index (κ2) is 10.2. The van der Waals surface area contributed by atoms with Crippen molar-refractivity contribution in [2.24, 2.45) is 11.7 Å². The Labute approximate surface area is 162 Å². The van der Waals surface area contributed by atoms with Gasteiger partial charge in [0.05, 0.1) is 26.4 Å². The van der Waals surface area contributed by atoms with E-state index in [0.717, 1.165) is 12.0 Å². The number of benzene rings is 2. The molecule has 2 rings (SSSR count). The molecule has 148 valence electrons. The lowest BCUT2D eigenvalue weighted by Crippen LogP contribution is -2.27. The molecule has 0 bridgehead atoms. The van der Waals surface area contributed by atoms with E-state index in [1.165, 1.54) is 0 Å². The summed E-state index contributed by atoms with van der Waals surface area (Å²) in [5.74, 6) is 2.22. The smallest absolute Gasteiger partial charge is 0.164 e. The first-order chi connectivity index (χ1) is 13.0. The predicted molar refractivity (Wildman–Crippen MR) is 107 cm³/mol. The zero-order valence-electron chi connectivity index (χ0n) is 16.6. The van der Waals surface area contributed by atoms with Crippen LogP contribution in [-0.4, -0.2) is 25.4 Å². The van der Waals surface area contributed by atoms with Gasteiger partial charge in [-0.25, -0.2) is 0 Å². The number of ether oxygens (including phenoxy) is 3. The second-order valence-corrected chi connectivity index (χ2v) is 7.08. The molecule has 0 saturated heterocycles. The summed E-state index contributed by atoms with van der Waals surface area (Å²) in [6, 6.07) is 12.9. The van der Waals surface area contributed by atoms with Crippen LogP contribution in [0.15, 0.2) is 42.5 Å². The van der Waals surface area contributed by atoms with Crippen molar-refractivity contribution in [1.82, 2.24) is 0 Å². The second-order valence-electron chi connectivity index (χ2n) is 7.08. The average molecular weight is 373 g/mol. The van der Waals surface area contributed by atoms with E-state index in [2.05, 4.69) is 13.8 Å². The summed E-state index contributed by atoms with van der Waals surface area (Å²) in [5, 5.41) is 10.6. The van der Waals surface area contributed by atoms with Crippen molar-refractivity contribution in [3.63, 3.8) is 0 Å². The van der Waals surface area contributed by atoms with Crippen molar-refractivity contribution in [1.29, 1.82) is 0 Å². The molecule has 3 N–H and O–H groups in total. The number of aliphatic hydroxyl groups excluding tert-OH is 1. The van der Waals surface area contributed by atoms with Gasteiger partial charge in [0.25, 0.3) is 0 Å². The summed E-state index contributed by atoms with van der Waals surface area (Å²) in [5.41, 5.74) is 8.14. The van der Waals surface area contributed by atoms with Crippen LogP contribution in [0.5, 0.6) is 17.2 Å². The van der Waals surface area contributed by atoms with Crippen LogP contribution in [0.25, 0.3) is 0 Å². The minimum Gasteiger partial charge on any atom is -0.493 e. The van der Waals surface area contributed by atoms with Gasteiger partial charge in [0, 0.05) is 11.6 Å². The maximum atomic E-state index is 10.6. The third-order valence-electron chi connectivity index (χ3n) is 4.57. The Morgan fingerprint density at radius 1 is 0.926 bits per heavy atom. The number of aliphatic hydroxyl groups is 1. The van der Waals surface area contributed by atoms with E-state index in [0.29, 0.717) is 41.8 Å². The number of methoxy groups -OCH3 is 2. The maximum Gasteiger partial charge on any atom is 0.164 e. The number of hydrogen-bond acceptors (Lipinski definition) is 5. The molecule has 0 aliphatic rings. The molecule has 5 heteroatoms. The van der Waals surface area contributed by atoms with Crippen molar-refractivity contribution in [2.75, 3.05) is 14.2 Å². The van der Waals surface area contributed by atoms with Gasteiger partial charge in [-0.1, -0.05) is 44.2 Å². The highest BCUT2D eigenvalue weighted by molar-refractivity contribution is 5.52. The zero-order chi connectivity index (χ0) is 19.8. The molecule has 2 aromatic carbocycles. The van der Waals surface area contributed by atoms with Crippen LogP contribution in [-0.2, 0) is 6.61 Å². The van der Waals surface area contributed by atoms with Gasteiger partial charge in [-0.15, -0.1) is 0 Å². The van der Waals surface area contributed by atoms with Crippen LogP contribution in [0.4, 0.5) is 0 Å². The SMILES string of the molecule is COc1cc(OCc2ccccc2)c([C@H](N)[C@H](O)CCC(C)C)cc1OC. The first-order valence-electron chi connectivity index (χ1n) is 9.32. The van der Waals surface area contributed by atoms with E-state index in [4.69, 9.17) is 19.9 Å². The molecule has 0 radical (unpaired) electrons. The molecule has 5 nitrogen and oxygen atoms in total. The van der Waals surface area contributed by atoms with Crippen LogP contribution in [0.1, 0.15) is 43.9 Å². The molecular formula is C22H31NO4. The minimum absolute atomic E-state index is 0.401. The van der Waals surface area contributed by atoms with Crippen LogP contribution in [0.2, 0.25) is 0 Å². The Bertz CT molecular complexity index is 703. The standard InChI is InChI=1S/C22H31NO4/c1-15(2)10-11-18(24)22(23)17-12-20(25-3)21(26-4)13-19(17)27-14-16-8-6-5-7-9-16/h5-9,12-13,15,18,22,24H,10-11,14,23H2,1-4H3/t18-,22+/m1/s1. The van der Waals surface area contributed by atoms with E-state index >= 15 is 0 Å². The summed E-state index contributed by atoms with van der Waals surface area (Å²) in [6.45, 7) is 4.66. The minimum atomic E-state index is -0.662. The molecule has 2 aromatic rings. The van der Waals surface area contributed by atoms with Crippen LogP contribution in [0.3, 0.4) is 0 Å². The highest BCUT2D eigenvalue weighted by Gasteiger charge is 2.23. The summed E-state index contributed by atoms with van der Waals surface area (Å²) in [4.78, 5) is 0. The molecule has 2 atom stereocenters. The number of rotatable bonds is 10. The van der Waals surface area contributed by atoms with Crippen LogP contribution in [0, 0.1) is 5.92 Å². The highest BCUT2D eigenvalue weighted by atomic mass is 16.5. The largest absolute Gasteiger partial charge is 0.493 e. The molecule has 0 heterocycles. The predicted octanol–water partition coefficient (Wildman–Crippen LogP) is 4.08. The first kappa shape index (κ1) is 21.1. The lowest BCUT2D eigenvalue weighted by molar-refractivity contribution is 0.126. The Morgan fingerprint density at radius 2 is 1.56 bits per heavy atom. The lowest BCUT2D eigenvalue weighted by Gasteiger charge is -2.24. The fourth-order valence-electron chi connectivity index (χ4n) is 2.89. The molecule has 0 amide bonds. The molecule has 0 aliphatic carbocycles. The van der Waals surface area contributed by atoms with Gasteiger partial charge in [0.1, 0.15) is 12.4 Å². The normalized spacial score (nSPS) is 13.3. The van der Waals surface area contributed by atoms with Gasteiger partial charge in [0.15, 0.2) is 11.5 Å². The summed E-state index contributed by atoms with van der Waals surface area (Å²) >= 11 is 0. The number of hydrogen-bond donors (Lipinski definition) is 2. The molecule has 0 aromatic heterocycles. The molecular weight excluding hydrogens is 342 g/mol. The maximum absolute atomic E-state index is 10.6. The van der Waals surface area contributed by atoms with Crippen molar-refractivity contribution >= 4 is 0 Å². The summed E-state index contributed by atoms with van der Waals surface area (Å²) < 4.78 is 16.8. The highest BCUT2D eigenvalue weighted by Crippen LogP contribution is 2.38. The van der Waals surface area contributed by atoms with Crippen molar-refractivity contribution in [2.45, 2.75) is 45.4 Å². The van der Waals surface area contributed by atoms with Crippen LogP contribution >= 0.6 is 0 Å². The summed E-state index contributed by atoms with van der Waals surface area (Å²) in [6.07, 6.45) is 0.873. The van der Waals surface area contributed by atoms with Gasteiger partial charge in [-0.3, -0.25) is 0 Å². The van der Waals surface area contributed by atoms with E-state index in [1.807, 2.05) is 30.3 Å². The van der Waals surface area contributed by atoms with E-state index < -0.39 is 12.1 Å². The fourth-order valence-corrected chi connectivity index (χ4v) is 2.89. The molecule has 0 aliphatic heterocycles. The quantitative estimate of drug-likeness (QED) is 0.656. The third kappa shape index (κ3) is 5.88. The van der Waals surface area contributed by atoms with E-state index in [9.17, 15) is 5.11 Å². The molecule has 0 unspecified atom stereocenters.